The maximum Gasteiger partial charge on any atom is 0.339 e. The van der Waals surface area contributed by atoms with Crippen molar-refractivity contribution in [2.45, 2.75) is 11.8 Å². The molecule has 0 bridgehead atoms. The van der Waals surface area contributed by atoms with E-state index in [1.165, 1.54) is 23.5 Å². The van der Waals surface area contributed by atoms with Crippen LogP contribution in [0, 0.1) is 18.3 Å². The van der Waals surface area contributed by atoms with Crippen LogP contribution in [0.25, 0.3) is 32.6 Å². The summed E-state index contributed by atoms with van der Waals surface area (Å²) in [6.07, 6.45) is 1.65. The number of para-hydroxylation sites is 1. The van der Waals surface area contributed by atoms with Crippen molar-refractivity contribution in [1.82, 2.24) is 4.98 Å². The van der Waals surface area contributed by atoms with Crippen LogP contribution in [0.1, 0.15) is 16.1 Å². The topological polar surface area (TPSA) is 80.0 Å². The molecular formula is C27H18N2O3S2. The normalized spacial score (nSPS) is 12.1. The van der Waals surface area contributed by atoms with E-state index in [1.807, 2.05) is 55.5 Å². The molecule has 0 saturated heterocycles. The first-order valence-corrected chi connectivity index (χ1v) is 12.7. The summed E-state index contributed by atoms with van der Waals surface area (Å²) in [4.78, 5) is 4.65. The molecule has 5 rings (SSSR count). The van der Waals surface area contributed by atoms with Crippen molar-refractivity contribution in [3.05, 3.63) is 101 Å². The minimum Gasteiger partial charge on any atom is -0.378 e. The van der Waals surface area contributed by atoms with Gasteiger partial charge in [0.15, 0.2) is 5.75 Å². The molecule has 0 aliphatic carbocycles. The molecule has 1 aromatic heterocycles. The lowest BCUT2D eigenvalue weighted by atomic mass is 10.0. The minimum atomic E-state index is -4.07. The second kappa shape index (κ2) is 8.75. The lowest BCUT2D eigenvalue weighted by molar-refractivity contribution is 0.486. The predicted molar refractivity (Wildman–Crippen MR) is 136 cm³/mol. The Morgan fingerprint density at radius 1 is 0.971 bits per heavy atom. The Morgan fingerprint density at radius 2 is 1.71 bits per heavy atom. The highest BCUT2D eigenvalue weighted by atomic mass is 32.2. The Bertz CT molecular complexity index is 1680. The molecular weight excluding hydrogens is 464 g/mol. The van der Waals surface area contributed by atoms with Gasteiger partial charge in [-0.3, -0.25) is 0 Å². The zero-order valence-corrected chi connectivity index (χ0v) is 19.7. The standard InChI is InChI=1S/C27H18N2O3S2/c1-18-10-13-21(14-11-18)34(30,31)32-25-15-12-19-6-2-3-7-22(19)23(25)16-20(17-28)27-29-24-8-4-5-9-26(24)33-27/h2-16H,1H3/b20-16+. The molecule has 0 amide bonds. The van der Waals surface area contributed by atoms with Gasteiger partial charge in [-0.25, -0.2) is 4.98 Å². The number of hydrogen-bond donors (Lipinski definition) is 0. The number of aromatic nitrogens is 1. The summed E-state index contributed by atoms with van der Waals surface area (Å²) in [6.45, 7) is 1.88. The summed E-state index contributed by atoms with van der Waals surface area (Å²) >= 11 is 1.41. The van der Waals surface area contributed by atoms with Crippen LogP contribution in [0.4, 0.5) is 0 Å². The molecule has 0 fully saturated rings. The van der Waals surface area contributed by atoms with Crippen molar-refractivity contribution in [3.8, 4) is 11.8 Å². The molecule has 0 N–H and O–H groups in total. The summed E-state index contributed by atoms with van der Waals surface area (Å²) < 4.78 is 32.6. The molecule has 0 radical (unpaired) electrons. The van der Waals surface area contributed by atoms with Gasteiger partial charge in [-0.1, -0.05) is 60.2 Å². The van der Waals surface area contributed by atoms with Gasteiger partial charge in [0.2, 0.25) is 0 Å². The molecule has 1 heterocycles. The third kappa shape index (κ3) is 4.17. The molecule has 0 saturated carbocycles. The van der Waals surface area contributed by atoms with Crippen molar-refractivity contribution in [2.24, 2.45) is 0 Å². The number of allylic oxidation sites excluding steroid dienone is 1. The van der Waals surface area contributed by atoms with Crippen LogP contribution in [-0.4, -0.2) is 13.4 Å². The van der Waals surface area contributed by atoms with Crippen LogP contribution >= 0.6 is 11.3 Å². The predicted octanol–water partition coefficient (Wildman–Crippen LogP) is 6.59. The molecule has 0 atom stereocenters. The molecule has 166 valence electrons. The van der Waals surface area contributed by atoms with E-state index in [9.17, 15) is 13.7 Å². The van der Waals surface area contributed by atoms with Gasteiger partial charge in [-0.2, -0.15) is 13.7 Å². The van der Waals surface area contributed by atoms with Gasteiger partial charge in [0, 0.05) is 5.56 Å². The van der Waals surface area contributed by atoms with Crippen molar-refractivity contribution in [3.63, 3.8) is 0 Å². The van der Waals surface area contributed by atoms with E-state index in [0.717, 1.165) is 26.6 Å². The maximum atomic E-state index is 13.0. The van der Waals surface area contributed by atoms with E-state index in [1.54, 1.807) is 30.3 Å². The van der Waals surface area contributed by atoms with Crippen LogP contribution < -0.4 is 4.18 Å². The lowest BCUT2D eigenvalue weighted by Gasteiger charge is -2.12. The molecule has 4 aromatic carbocycles. The molecule has 0 aliphatic heterocycles. The first-order chi connectivity index (χ1) is 16.4. The Balaban J connectivity index is 1.66. The minimum absolute atomic E-state index is 0.0628. The number of thiazole rings is 1. The Labute approximate surface area is 201 Å². The van der Waals surface area contributed by atoms with Gasteiger partial charge in [0.25, 0.3) is 0 Å². The zero-order chi connectivity index (χ0) is 23.7. The highest BCUT2D eigenvalue weighted by Crippen LogP contribution is 2.35. The van der Waals surface area contributed by atoms with Gasteiger partial charge in [-0.05, 0) is 54.1 Å². The van der Waals surface area contributed by atoms with Crippen LogP contribution in [0.15, 0.2) is 89.8 Å². The van der Waals surface area contributed by atoms with Gasteiger partial charge in [0.05, 0.1) is 15.8 Å². The number of aryl methyl sites for hydroxylation is 1. The fourth-order valence-electron chi connectivity index (χ4n) is 3.64. The summed E-state index contributed by atoms with van der Waals surface area (Å²) in [5, 5.41) is 12.2. The Hall–Kier alpha value is -3.99. The van der Waals surface area contributed by atoms with E-state index >= 15 is 0 Å². The van der Waals surface area contributed by atoms with Crippen molar-refractivity contribution in [2.75, 3.05) is 0 Å². The number of nitrogens with zero attached hydrogens (tertiary/aromatic N) is 2. The quantitative estimate of drug-likeness (QED) is 0.209. The molecule has 7 heteroatoms. The average molecular weight is 483 g/mol. The molecule has 34 heavy (non-hydrogen) atoms. The maximum absolute atomic E-state index is 13.0. The second-order valence-corrected chi connectivity index (χ2v) is 10.3. The molecule has 0 spiro atoms. The molecule has 5 aromatic rings. The number of fused-ring (bicyclic) bond motifs is 2. The lowest BCUT2D eigenvalue weighted by Crippen LogP contribution is -2.10. The molecule has 0 aliphatic rings. The smallest absolute Gasteiger partial charge is 0.339 e. The van der Waals surface area contributed by atoms with E-state index in [0.29, 0.717) is 16.1 Å². The fraction of sp³-hybridized carbons (Fsp3) is 0.0370. The highest BCUT2D eigenvalue weighted by molar-refractivity contribution is 7.87. The number of rotatable bonds is 5. The highest BCUT2D eigenvalue weighted by Gasteiger charge is 2.20. The van der Waals surface area contributed by atoms with Crippen LogP contribution in [0.2, 0.25) is 0 Å². The number of hydrogen-bond acceptors (Lipinski definition) is 6. The van der Waals surface area contributed by atoms with Gasteiger partial charge >= 0.3 is 10.1 Å². The molecule has 0 unspecified atom stereocenters. The van der Waals surface area contributed by atoms with E-state index in [2.05, 4.69) is 11.1 Å². The van der Waals surface area contributed by atoms with Crippen LogP contribution in [0.5, 0.6) is 5.75 Å². The largest absolute Gasteiger partial charge is 0.378 e. The fourth-order valence-corrected chi connectivity index (χ4v) is 5.52. The Morgan fingerprint density at radius 3 is 2.47 bits per heavy atom. The van der Waals surface area contributed by atoms with Gasteiger partial charge in [-0.15, -0.1) is 11.3 Å². The summed E-state index contributed by atoms with van der Waals surface area (Å²) in [6, 6.07) is 27.3. The van der Waals surface area contributed by atoms with E-state index in [4.69, 9.17) is 4.18 Å². The summed E-state index contributed by atoms with van der Waals surface area (Å²) in [5.41, 5.74) is 2.59. The third-order valence-electron chi connectivity index (χ3n) is 5.37. The molecule has 5 nitrogen and oxygen atoms in total. The zero-order valence-electron chi connectivity index (χ0n) is 18.1. The summed E-state index contributed by atoms with van der Waals surface area (Å²) in [5.74, 6) is 0.146. The summed E-state index contributed by atoms with van der Waals surface area (Å²) in [7, 11) is -4.07. The van der Waals surface area contributed by atoms with Gasteiger partial charge in [0.1, 0.15) is 16.0 Å². The van der Waals surface area contributed by atoms with Gasteiger partial charge < -0.3 is 4.18 Å². The van der Waals surface area contributed by atoms with Crippen LogP contribution in [0.3, 0.4) is 0 Å². The van der Waals surface area contributed by atoms with E-state index in [-0.39, 0.29) is 10.6 Å². The number of benzene rings is 4. The first-order valence-electron chi connectivity index (χ1n) is 10.5. The van der Waals surface area contributed by atoms with E-state index < -0.39 is 10.1 Å². The SMILES string of the molecule is Cc1ccc(S(=O)(=O)Oc2ccc3ccccc3c2/C=C(\C#N)c2nc3ccccc3s2)cc1. The van der Waals surface area contributed by atoms with Crippen LogP contribution in [-0.2, 0) is 10.1 Å². The monoisotopic (exact) mass is 482 g/mol. The first kappa shape index (κ1) is 21.8. The second-order valence-electron chi connectivity index (χ2n) is 7.71. The van der Waals surface area contributed by atoms with Crippen molar-refractivity contribution >= 4 is 54.1 Å². The third-order valence-corrected chi connectivity index (χ3v) is 7.69. The van der Waals surface area contributed by atoms with Crippen molar-refractivity contribution in [1.29, 1.82) is 5.26 Å². The van der Waals surface area contributed by atoms with Crippen molar-refractivity contribution < 1.29 is 12.6 Å². The average Bonchev–Trinajstić information content (AvgIpc) is 3.27. The Kier molecular flexibility index (Phi) is 5.62. The number of nitriles is 1.